The number of aryl methyl sites for hydroxylation is 1. The molecule has 2 N–H and O–H groups in total. The van der Waals surface area contributed by atoms with E-state index in [1.807, 2.05) is 42.5 Å². The van der Waals surface area contributed by atoms with E-state index in [1.165, 1.54) is 12.3 Å². The van der Waals surface area contributed by atoms with Crippen LogP contribution in [0.4, 0.5) is 40.3 Å². The summed E-state index contributed by atoms with van der Waals surface area (Å²) in [5.41, 5.74) is 5.32. The molecular weight excluding hydrogens is 572 g/mol. The highest BCUT2D eigenvalue weighted by Crippen LogP contribution is 2.37. The number of anilines is 4. The summed E-state index contributed by atoms with van der Waals surface area (Å²) < 4.78 is 53.1. The van der Waals surface area contributed by atoms with Gasteiger partial charge in [0.25, 0.3) is 0 Å². The molecule has 6 rings (SSSR count). The first-order valence-electron chi connectivity index (χ1n) is 14.5. The van der Waals surface area contributed by atoms with Gasteiger partial charge in [0.05, 0.1) is 12.2 Å². The number of nitrogens with zero attached hydrogens (tertiary/aromatic N) is 4. The number of para-hydroxylation sites is 1. The summed E-state index contributed by atoms with van der Waals surface area (Å²) in [5, 5.41) is 6.32. The molecule has 7 nitrogen and oxygen atoms in total. The molecular formula is C33H32F4N6O. The van der Waals surface area contributed by atoms with E-state index in [1.54, 1.807) is 19.1 Å². The molecule has 2 aromatic carbocycles. The molecule has 0 radical (unpaired) electrons. The normalized spacial score (nSPS) is 16.3. The molecule has 0 atom stereocenters. The number of halogens is 4. The second kappa shape index (κ2) is 12.2. The predicted molar refractivity (Wildman–Crippen MR) is 162 cm³/mol. The van der Waals surface area contributed by atoms with Gasteiger partial charge in [-0.2, -0.15) is 13.2 Å². The highest BCUT2D eigenvalue weighted by Gasteiger charge is 2.32. The topological polar surface area (TPSA) is 73.4 Å². The Balaban J connectivity index is 1.25. The quantitative estimate of drug-likeness (QED) is 0.229. The van der Waals surface area contributed by atoms with Crippen LogP contribution in [0.1, 0.15) is 35.5 Å². The minimum Gasteiger partial charge on any atom is -0.371 e. The Hall–Kier alpha value is -4.51. The summed E-state index contributed by atoms with van der Waals surface area (Å²) in [4.78, 5) is 25.0. The van der Waals surface area contributed by atoms with Crippen LogP contribution in [-0.4, -0.2) is 46.5 Å². The molecule has 2 aliphatic rings. The van der Waals surface area contributed by atoms with Crippen molar-refractivity contribution in [1.29, 1.82) is 0 Å². The third-order valence-electron chi connectivity index (χ3n) is 8.15. The van der Waals surface area contributed by atoms with Gasteiger partial charge in [-0.1, -0.05) is 24.3 Å². The molecule has 11 heteroatoms. The molecule has 2 aliphatic heterocycles. The standard InChI is InChI=1S/C33H32F4N6O/c1-21-14-24(15-25(17-34)39-21)40-30-8-7-27(16-28(30)22-6-9-31(38-18-22)33(35,36)37)42-12-10-26(11-13-42)43-19-23-4-2-3-5-29(23)41-32(44)20-43/h2-9,14-16,18,26H,10-13,17,19-20H2,1H3,(H,39,40)(H,41,44). The number of alkyl halides is 4. The molecule has 4 aromatic rings. The van der Waals surface area contributed by atoms with Crippen LogP contribution in [0.15, 0.2) is 72.9 Å². The number of hydrogen-bond acceptors (Lipinski definition) is 6. The van der Waals surface area contributed by atoms with Crippen molar-refractivity contribution < 1.29 is 22.4 Å². The first-order chi connectivity index (χ1) is 21.2. The number of hydrogen-bond donors (Lipinski definition) is 2. The summed E-state index contributed by atoms with van der Waals surface area (Å²) in [6.07, 6.45) is -1.60. The summed E-state index contributed by atoms with van der Waals surface area (Å²) in [6, 6.07) is 19.7. The van der Waals surface area contributed by atoms with Gasteiger partial charge in [-0.25, -0.2) is 4.39 Å². The second-order valence-corrected chi connectivity index (χ2v) is 11.2. The van der Waals surface area contributed by atoms with Gasteiger partial charge in [0.15, 0.2) is 0 Å². The Kier molecular flexibility index (Phi) is 8.22. The smallest absolute Gasteiger partial charge is 0.371 e. The molecule has 1 amide bonds. The SMILES string of the molecule is Cc1cc(Nc2ccc(N3CCC(N4CC(=O)Nc5ccccc5C4)CC3)cc2-c2ccc(C(F)(F)F)nc2)cc(CF)n1. The number of pyridine rings is 2. The zero-order valence-corrected chi connectivity index (χ0v) is 24.2. The van der Waals surface area contributed by atoms with E-state index in [9.17, 15) is 22.4 Å². The van der Waals surface area contributed by atoms with Gasteiger partial charge in [0, 0.05) is 71.4 Å². The number of aromatic nitrogens is 2. The van der Waals surface area contributed by atoms with Crippen molar-refractivity contribution in [2.24, 2.45) is 0 Å². The maximum atomic E-state index is 13.4. The van der Waals surface area contributed by atoms with E-state index in [0.717, 1.165) is 48.9 Å². The molecule has 0 aliphatic carbocycles. The minimum atomic E-state index is -4.54. The number of amides is 1. The van der Waals surface area contributed by atoms with Crippen LogP contribution in [-0.2, 0) is 24.2 Å². The highest BCUT2D eigenvalue weighted by atomic mass is 19.4. The van der Waals surface area contributed by atoms with Crippen molar-refractivity contribution >= 4 is 28.7 Å². The van der Waals surface area contributed by atoms with E-state index in [2.05, 4.69) is 30.4 Å². The first kappa shape index (κ1) is 29.6. The van der Waals surface area contributed by atoms with Crippen molar-refractivity contribution in [3.05, 3.63) is 95.6 Å². The van der Waals surface area contributed by atoms with Gasteiger partial charge in [0.2, 0.25) is 5.91 Å². The van der Waals surface area contributed by atoms with Crippen LogP contribution in [0.25, 0.3) is 11.1 Å². The third-order valence-corrected chi connectivity index (χ3v) is 8.15. The van der Waals surface area contributed by atoms with E-state index < -0.39 is 18.5 Å². The molecule has 0 bridgehead atoms. The zero-order valence-electron chi connectivity index (χ0n) is 24.2. The van der Waals surface area contributed by atoms with Crippen LogP contribution in [0, 0.1) is 6.92 Å². The average molecular weight is 605 g/mol. The molecule has 228 valence electrons. The van der Waals surface area contributed by atoms with Crippen LogP contribution in [0.3, 0.4) is 0 Å². The summed E-state index contributed by atoms with van der Waals surface area (Å²) in [7, 11) is 0. The Morgan fingerprint density at radius 3 is 2.52 bits per heavy atom. The Morgan fingerprint density at radius 1 is 1.00 bits per heavy atom. The molecule has 4 heterocycles. The Morgan fingerprint density at radius 2 is 1.80 bits per heavy atom. The lowest BCUT2D eigenvalue weighted by atomic mass is 9.99. The van der Waals surface area contributed by atoms with E-state index in [0.29, 0.717) is 41.3 Å². The lowest BCUT2D eigenvalue weighted by Crippen LogP contribution is -2.46. The molecule has 0 unspecified atom stereocenters. The minimum absolute atomic E-state index is 0.0155. The van der Waals surface area contributed by atoms with Crippen molar-refractivity contribution in [2.75, 3.05) is 35.2 Å². The predicted octanol–water partition coefficient (Wildman–Crippen LogP) is 7.11. The van der Waals surface area contributed by atoms with Crippen molar-refractivity contribution in [3.8, 4) is 11.1 Å². The number of carbonyl (C=O) groups is 1. The van der Waals surface area contributed by atoms with Gasteiger partial charge >= 0.3 is 6.18 Å². The number of piperidine rings is 1. The van der Waals surface area contributed by atoms with Crippen LogP contribution >= 0.6 is 0 Å². The van der Waals surface area contributed by atoms with Crippen molar-refractivity contribution in [2.45, 2.75) is 45.2 Å². The molecule has 1 saturated heterocycles. The van der Waals surface area contributed by atoms with Crippen molar-refractivity contribution in [3.63, 3.8) is 0 Å². The largest absolute Gasteiger partial charge is 0.433 e. The summed E-state index contributed by atoms with van der Waals surface area (Å²) in [6.45, 7) is 3.60. The lowest BCUT2D eigenvalue weighted by molar-refractivity contribution is -0.141. The number of carbonyl (C=O) groups excluding carboxylic acids is 1. The molecule has 44 heavy (non-hydrogen) atoms. The molecule has 0 spiro atoms. The van der Waals surface area contributed by atoms with Crippen LogP contribution in [0.5, 0.6) is 0 Å². The van der Waals surface area contributed by atoms with Gasteiger partial charge in [-0.05, 0) is 67.8 Å². The van der Waals surface area contributed by atoms with E-state index >= 15 is 0 Å². The fourth-order valence-electron chi connectivity index (χ4n) is 6.01. The zero-order chi connectivity index (χ0) is 30.8. The Labute approximate surface area is 252 Å². The molecule has 2 aromatic heterocycles. The van der Waals surface area contributed by atoms with Crippen LogP contribution in [0.2, 0.25) is 0 Å². The lowest BCUT2D eigenvalue weighted by Gasteiger charge is -2.39. The average Bonchev–Trinajstić information content (AvgIpc) is 3.18. The van der Waals surface area contributed by atoms with E-state index in [-0.39, 0.29) is 17.6 Å². The highest BCUT2D eigenvalue weighted by molar-refractivity contribution is 5.93. The first-order valence-corrected chi connectivity index (χ1v) is 14.5. The van der Waals surface area contributed by atoms with Gasteiger partial charge < -0.3 is 15.5 Å². The third kappa shape index (κ3) is 6.52. The van der Waals surface area contributed by atoms with Crippen molar-refractivity contribution in [1.82, 2.24) is 14.9 Å². The second-order valence-electron chi connectivity index (χ2n) is 11.2. The van der Waals surface area contributed by atoms with Gasteiger partial charge in [-0.3, -0.25) is 19.7 Å². The maximum absolute atomic E-state index is 13.4. The van der Waals surface area contributed by atoms with Gasteiger partial charge in [-0.15, -0.1) is 0 Å². The number of nitrogens with one attached hydrogen (secondary N) is 2. The number of fused-ring (bicyclic) bond motifs is 1. The van der Waals surface area contributed by atoms with E-state index in [4.69, 9.17) is 0 Å². The van der Waals surface area contributed by atoms with Crippen LogP contribution < -0.4 is 15.5 Å². The number of benzene rings is 2. The fraction of sp³-hybridized carbons (Fsp3) is 0.303. The Bertz CT molecular complexity index is 1650. The summed E-state index contributed by atoms with van der Waals surface area (Å²) in [5.74, 6) is -0.0155. The maximum Gasteiger partial charge on any atom is 0.433 e. The summed E-state index contributed by atoms with van der Waals surface area (Å²) >= 11 is 0. The molecule has 1 fully saturated rings. The monoisotopic (exact) mass is 604 g/mol. The number of rotatable bonds is 6. The fourth-order valence-corrected chi connectivity index (χ4v) is 6.01. The molecule has 0 saturated carbocycles. The van der Waals surface area contributed by atoms with Gasteiger partial charge in [0.1, 0.15) is 12.4 Å².